The Morgan fingerprint density at radius 2 is 0.573 bits per heavy atom. The van der Waals surface area contributed by atoms with Crippen molar-refractivity contribution in [1.82, 2.24) is 5.48 Å². The van der Waals surface area contributed by atoms with Crippen LogP contribution >= 0.6 is 0 Å². The molecule has 0 bridgehead atoms. The third kappa shape index (κ3) is 11.1. The average Bonchev–Trinajstić information content (AvgIpc) is 3.68. The molecule has 0 aromatic heterocycles. The third-order valence-corrected chi connectivity index (χ3v) is 15.0. The molecule has 448 valence electrons. The monoisotopic (exact) mass is 1230 g/mol. The molecule has 1 atom stereocenters. The first-order chi connectivity index (χ1) is 32.1. The molecule has 0 aromatic rings. The Hall–Kier alpha value is -3.05. The topological polar surface area (TPSA) is 30.5 Å². The first-order valence-electron chi connectivity index (χ1n) is 18.7. The second-order valence-corrected chi connectivity index (χ2v) is 21.2. The van der Waals surface area contributed by atoms with Crippen LogP contribution in [0, 0.1) is 5.41 Å². The minimum atomic E-state index is -8.92. The van der Waals surface area contributed by atoms with E-state index in [1.165, 1.54) is 0 Å². The van der Waals surface area contributed by atoms with E-state index >= 15 is 26.3 Å². The summed E-state index contributed by atoms with van der Waals surface area (Å²) in [5, 5.41) is 0. The van der Waals surface area contributed by atoms with Gasteiger partial charge in [0.15, 0.2) is 8.32 Å². The molecule has 1 unspecified atom stereocenters. The molecule has 1 aliphatic rings. The molecule has 75 heavy (non-hydrogen) atoms. The van der Waals surface area contributed by atoms with E-state index < -0.39 is 171 Å². The Labute approximate surface area is 390 Å². The van der Waals surface area contributed by atoms with Crippen LogP contribution in [-0.4, -0.2) is 128 Å². The molecule has 0 spiro atoms. The van der Waals surface area contributed by atoms with Gasteiger partial charge >= 0.3 is 107 Å². The number of alkyl halides is 39. The number of hydroxylamine groups is 1. The van der Waals surface area contributed by atoms with Gasteiger partial charge in [-0.25, -0.2) is 0 Å². The van der Waals surface area contributed by atoms with Gasteiger partial charge in [0.2, 0.25) is 0 Å². The molecule has 1 heterocycles. The van der Waals surface area contributed by atoms with Gasteiger partial charge in [-0.15, -0.1) is 0 Å². The largest absolute Gasteiger partial charge is 0.460 e. The van der Waals surface area contributed by atoms with Crippen molar-refractivity contribution < 1.29 is 180 Å². The van der Waals surface area contributed by atoms with E-state index in [4.69, 9.17) is 0 Å². The van der Waals surface area contributed by atoms with Crippen molar-refractivity contribution in [2.24, 2.45) is 5.41 Å². The molecular formula is C32H26F39NO2Si. The molecule has 0 aliphatic carbocycles. The minimum absolute atomic E-state index is 0.386. The zero-order chi connectivity index (χ0) is 60.9. The van der Waals surface area contributed by atoms with Gasteiger partial charge in [0.25, 0.3) is 0 Å². The first-order valence-corrected chi connectivity index (χ1v) is 21.2. The highest BCUT2D eigenvalue weighted by Crippen LogP contribution is 2.65. The lowest BCUT2D eigenvalue weighted by atomic mass is 9.92. The Balaban J connectivity index is 4.46. The molecule has 0 aromatic carbocycles. The highest BCUT2D eigenvalue weighted by atomic mass is 28.4. The molecule has 1 aliphatic heterocycles. The van der Waals surface area contributed by atoms with Gasteiger partial charge in [0.1, 0.15) is 6.10 Å². The summed E-state index contributed by atoms with van der Waals surface area (Å²) < 4.78 is 546. The van der Waals surface area contributed by atoms with Crippen molar-refractivity contribution in [2.45, 2.75) is 172 Å². The lowest BCUT2D eigenvalue weighted by Gasteiger charge is -2.42. The van der Waals surface area contributed by atoms with Crippen LogP contribution in [-0.2, 0) is 9.26 Å². The van der Waals surface area contributed by atoms with E-state index in [2.05, 4.69) is 9.26 Å². The van der Waals surface area contributed by atoms with Crippen molar-refractivity contribution in [3.8, 4) is 0 Å². The number of allylic oxidation sites excluding steroid dienone is 1. The fourth-order valence-corrected chi connectivity index (χ4v) is 9.77. The number of nitrogens with one attached hydrogen (secondary N) is 1. The van der Waals surface area contributed by atoms with Gasteiger partial charge < -0.3 is 4.43 Å². The normalized spacial score (nSPS) is 18.4. The fourth-order valence-electron chi connectivity index (χ4n) is 5.76. The van der Waals surface area contributed by atoms with Crippen LogP contribution in [0.1, 0.15) is 40.0 Å². The van der Waals surface area contributed by atoms with Crippen molar-refractivity contribution in [2.75, 3.05) is 6.61 Å². The molecule has 3 nitrogen and oxygen atoms in total. The van der Waals surface area contributed by atoms with Gasteiger partial charge in [-0.2, -0.15) is 171 Å². The molecule has 1 N–H and O–H groups in total. The third-order valence-electron chi connectivity index (χ3n) is 10.7. The van der Waals surface area contributed by atoms with Gasteiger partial charge in [0.05, 0.1) is 6.61 Å². The van der Waals surface area contributed by atoms with E-state index in [0.29, 0.717) is 6.08 Å². The maximum atomic E-state index is 15.1. The Morgan fingerprint density at radius 1 is 0.360 bits per heavy atom. The Morgan fingerprint density at radius 3 is 0.760 bits per heavy atom. The summed E-state index contributed by atoms with van der Waals surface area (Å²) in [6.07, 6.45) is -38.8. The van der Waals surface area contributed by atoms with Crippen LogP contribution in [0.4, 0.5) is 171 Å². The summed E-state index contributed by atoms with van der Waals surface area (Å²) in [7, 11) is -7.37. The molecular weight excluding hydrogens is 1200 g/mol. The first kappa shape index (κ1) is 70.0. The van der Waals surface area contributed by atoms with Crippen LogP contribution in [0.2, 0.25) is 18.1 Å². The lowest BCUT2D eigenvalue weighted by molar-refractivity contribution is -0.440. The molecule has 0 amide bonds. The zero-order valence-electron chi connectivity index (χ0n) is 35.7. The smallest absolute Gasteiger partial charge is 0.414 e. The predicted octanol–water partition coefficient (Wildman–Crippen LogP) is 16.2. The Bertz CT molecular complexity index is 1820. The molecule has 0 fully saturated rings. The summed E-state index contributed by atoms with van der Waals surface area (Å²) >= 11 is 0. The van der Waals surface area contributed by atoms with E-state index in [1.807, 2.05) is 5.48 Å². The van der Waals surface area contributed by atoms with Gasteiger partial charge in [-0.05, 0) is 24.2 Å². The minimum Gasteiger partial charge on any atom is -0.414 e. The lowest BCUT2D eigenvalue weighted by Crippen LogP contribution is -2.70. The number of rotatable bonds is 24. The highest BCUT2D eigenvalue weighted by Gasteiger charge is 2.93. The molecule has 1 rings (SSSR count). The van der Waals surface area contributed by atoms with E-state index in [1.54, 1.807) is 0 Å². The van der Waals surface area contributed by atoms with E-state index in [9.17, 15) is 145 Å². The van der Waals surface area contributed by atoms with Gasteiger partial charge in [0, 0.05) is 30.4 Å². The van der Waals surface area contributed by atoms with Gasteiger partial charge in [-0.3, -0.25) is 10.3 Å². The van der Waals surface area contributed by atoms with Crippen LogP contribution in [0.5, 0.6) is 0 Å². The van der Waals surface area contributed by atoms with E-state index in [0.717, 1.165) is 20.8 Å². The zero-order valence-corrected chi connectivity index (χ0v) is 36.7. The second kappa shape index (κ2) is 19.3. The molecule has 0 radical (unpaired) electrons. The van der Waals surface area contributed by atoms with E-state index in [-0.39, 0.29) is 5.70 Å². The second-order valence-electron chi connectivity index (χ2n) is 17.1. The van der Waals surface area contributed by atoms with Crippen LogP contribution in [0.3, 0.4) is 0 Å². The predicted molar refractivity (Wildman–Crippen MR) is 168 cm³/mol. The summed E-state index contributed by atoms with van der Waals surface area (Å²) in [5.74, 6) is -128. The average molecular weight is 1230 g/mol. The maximum Gasteiger partial charge on any atom is 0.460 e. The molecule has 0 saturated carbocycles. The van der Waals surface area contributed by atoms with Crippen LogP contribution < -0.4 is 5.48 Å². The standard InChI is InChI=1S/C32H26F39NO2Si/c1-14(2,3)13-10-12(74-72-13)11-73-75(7-4-15(33,34)18(39,40)21(45,46)24(51,52)27(57,58)30(63,64)65,8-5-16(35,36)19(41,42)22(47,48)25(53,54)28(59,60)31(66,67)68)9-6-17(37,38)20(43,44)23(49,50)26(55,56)29(61,62)32(69,70)71/h10,12,72H,4-9,11H2,1-3H3. The van der Waals surface area contributed by atoms with Crippen LogP contribution in [0.25, 0.3) is 0 Å². The molecule has 43 heteroatoms. The number of halogens is 39. The van der Waals surface area contributed by atoms with Gasteiger partial charge in [-0.1, -0.05) is 20.8 Å². The quantitative estimate of drug-likeness (QED) is 0.0772. The summed E-state index contributed by atoms with van der Waals surface area (Å²) in [5.41, 5.74) is 0.0913. The molecule has 0 saturated heterocycles. The van der Waals surface area contributed by atoms with Crippen molar-refractivity contribution >= 4 is 8.32 Å². The summed E-state index contributed by atoms with van der Waals surface area (Å²) in [6.45, 7) is 1.24. The summed E-state index contributed by atoms with van der Waals surface area (Å²) in [4.78, 5) is 4.62. The highest BCUT2D eigenvalue weighted by molar-refractivity contribution is 6.73. The van der Waals surface area contributed by atoms with Crippen molar-refractivity contribution in [1.29, 1.82) is 0 Å². The number of hydrogen-bond acceptors (Lipinski definition) is 3. The van der Waals surface area contributed by atoms with Crippen LogP contribution in [0.15, 0.2) is 11.8 Å². The maximum absolute atomic E-state index is 15.1. The Kier molecular flexibility index (Phi) is 18.0. The number of hydrogen-bond donors (Lipinski definition) is 1. The van der Waals surface area contributed by atoms with Crippen molar-refractivity contribution in [3.05, 3.63) is 11.8 Å². The summed E-state index contributed by atoms with van der Waals surface area (Å²) in [6, 6.07) is -10.4. The SMILES string of the molecule is CC(C)(C)C1=CC(CO[Si](CCC(F)(F)C(F)(F)C(F)(F)C(F)(F)C(F)(F)C(F)(F)F)(CCC(F)(F)C(F)(F)C(F)(F)C(F)(F)C(F)(F)C(F)(F)F)CCC(F)(F)C(F)(F)C(F)(F)C(F)(F)C(F)(F)C(F)(F)F)ON1. The van der Waals surface area contributed by atoms with Crippen molar-refractivity contribution in [3.63, 3.8) is 0 Å². The fraction of sp³-hybridized carbons (Fsp3) is 0.938.